The molecule has 12 heteroatoms. The Labute approximate surface area is 192 Å². The summed E-state index contributed by atoms with van der Waals surface area (Å²) < 4.78 is 70.7. The summed E-state index contributed by atoms with van der Waals surface area (Å²) in [7, 11) is -1.73. The topological polar surface area (TPSA) is 85.3 Å². The molecule has 2 fully saturated rings. The number of halogens is 3. The zero-order valence-corrected chi connectivity index (χ0v) is 18.9. The fourth-order valence-electron chi connectivity index (χ4n) is 3.74. The van der Waals surface area contributed by atoms with Crippen molar-refractivity contribution in [2.24, 2.45) is 4.99 Å². The second kappa shape index (κ2) is 8.90. The number of carbonyl (C=O) groups is 1. The number of hydrogen-bond acceptors (Lipinski definition) is 6. The summed E-state index contributed by atoms with van der Waals surface area (Å²) >= 11 is 1.19. The summed E-state index contributed by atoms with van der Waals surface area (Å²) in [6.07, 6.45) is -4.79. The number of methoxy groups -OCH3 is 1. The average molecular weight is 501 g/mol. The molecule has 33 heavy (non-hydrogen) atoms. The summed E-state index contributed by atoms with van der Waals surface area (Å²) in [6, 6.07) is 11.5. The maximum Gasteiger partial charge on any atom is 0.573 e. The third-order valence-corrected chi connectivity index (χ3v) is 8.36. The molecule has 176 valence electrons. The molecule has 2 aromatic carbocycles. The van der Waals surface area contributed by atoms with Gasteiger partial charge in [-0.1, -0.05) is 23.9 Å². The van der Waals surface area contributed by atoms with Crippen LogP contribution in [0.5, 0.6) is 11.5 Å². The number of amidine groups is 1. The lowest BCUT2D eigenvalue weighted by atomic mass is 10.1. The first kappa shape index (κ1) is 23.4. The van der Waals surface area contributed by atoms with Crippen LogP contribution in [0.15, 0.2) is 53.5 Å². The molecule has 0 spiro atoms. The van der Waals surface area contributed by atoms with Crippen LogP contribution in [0.1, 0.15) is 5.56 Å². The van der Waals surface area contributed by atoms with E-state index >= 15 is 0 Å². The van der Waals surface area contributed by atoms with Crippen molar-refractivity contribution in [3.05, 3.63) is 54.1 Å². The van der Waals surface area contributed by atoms with Crippen LogP contribution in [0, 0.1) is 0 Å². The molecule has 0 unspecified atom stereocenters. The highest BCUT2D eigenvalue weighted by Crippen LogP contribution is 2.41. The average Bonchev–Trinajstić information content (AvgIpc) is 3.18. The number of thioether (sulfide) groups is 1. The first-order chi connectivity index (χ1) is 15.5. The third kappa shape index (κ3) is 5.61. The van der Waals surface area contributed by atoms with Crippen LogP contribution in [-0.4, -0.2) is 55.8 Å². The van der Waals surface area contributed by atoms with Crippen molar-refractivity contribution in [1.82, 2.24) is 0 Å². The Morgan fingerprint density at radius 2 is 1.73 bits per heavy atom. The highest BCUT2D eigenvalue weighted by Gasteiger charge is 2.49. The molecular weight excluding hydrogens is 481 g/mol. The van der Waals surface area contributed by atoms with Crippen molar-refractivity contribution in [2.75, 3.05) is 23.5 Å². The van der Waals surface area contributed by atoms with Crippen LogP contribution in [0.4, 0.5) is 18.9 Å². The van der Waals surface area contributed by atoms with Gasteiger partial charge in [0.2, 0.25) is 0 Å². The molecule has 2 atom stereocenters. The van der Waals surface area contributed by atoms with Crippen LogP contribution >= 0.6 is 11.8 Å². The van der Waals surface area contributed by atoms with Crippen LogP contribution in [-0.2, 0) is 21.1 Å². The second-order valence-corrected chi connectivity index (χ2v) is 10.9. The van der Waals surface area contributed by atoms with Crippen LogP contribution < -0.4 is 14.4 Å². The van der Waals surface area contributed by atoms with Crippen LogP contribution in [0.25, 0.3) is 0 Å². The molecule has 7 nitrogen and oxygen atoms in total. The number of alkyl halides is 3. The number of aliphatic imine (C=N–C) groups is 1. The Bertz CT molecular complexity index is 1170. The van der Waals surface area contributed by atoms with Gasteiger partial charge in [-0.05, 0) is 42.0 Å². The number of benzene rings is 2. The third-order valence-electron chi connectivity index (χ3n) is 5.15. The number of carbonyl (C=O) groups excluding carboxylic acids is 1. The Morgan fingerprint density at radius 1 is 1.09 bits per heavy atom. The van der Waals surface area contributed by atoms with E-state index in [0.717, 1.165) is 17.7 Å². The molecule has 2 saturated heterocycles. The Kier molecular flexibility index (Phi) is 6.32. The van der Waals surface area contributed by atoms with Gasteiger partial charge in [0.1, 0.15) is 11.5 Å². The minimum atomic E-state index is -4.82. The van der Waals surface area contributed by atoms with E-state index in [1.54, 1.807) is 29.2 Å². The summed E-state index contributed by atoms with van der Waals surface area (Å²) in [5.41, 5.74) is 1.16. The van der Waals surface area contributed by atoms with Gasteiger partial charge >= 0.3 is 6.36 Å². The van der Waals surface area contributed by atoms with E-state index in [1.165, 1.54) is 31.0 Å². The molecule has 0 N–H and O–H groups in total. The van der Waals surface area contributed by atoms with E-state index in [0.29, 0.717) is 16.6 Å². The van der Waals surface area contributed by atoms with Crippen LogP contribution in [0.2, 0.25) is 0 Å². The molecule has 2 heterocycles. The number of nitrogens with zero attached hydrogens (tertiary/aromatic N) is 2. The van der Waals surface area contributed by atoms with Gasteiger partial charge < -0.3 is 14.4 Å². The Morgan fingerprint density at radius 3 is 2.33 bits per heavy atom. The molecule has 2 aromatic rings. The van der Waals surface area contributed by atoms with E-state index in [4.69, 9.17) is 4.74 Å². The monoisotopic (exact) mass is 500 g/mol. The second-order valence-electron chi connectivity index (χ2n) is 7.53. The fourth-order valence-corrected chi connectivity index (χ4v) is 7.67. The van der Waals surface area contributed by atoms with Gasteiger partial charge in [-0.2, -0.15) is 4.99 Å². The molecule has 0 radical (unpaired) electrons. The lowest BCUT2D eigenvalue weighted by molar-refractivity contribution is -0.274. The number of amides is 1. The van der Waals surface area contributed by atoms with Crippen molar-refractivity contribution in [2.45, 2.75) is 24.1 Å². The normalized spacial score (nSPS) is 22.9. The number of hydrogen-bond donors (Lipinski definition) is 0. The summed E-state index contributed by atoms with van der Waals surface area (Å²) in [5.74, 6) is -0.353. The molecule has 2 aliphatic heterocycles. The predicted molar refractivity (Wildman–Crippen MR) is 119 cm³/mol. The SMILES string of the molecule is COc1ccc(CC(=O)N=C2S[C@@H]3CS(=O)(=O)C[C@@H]3N2c2ccc(OC(F)(F)F)cc2)cc1. The maximum atomic E-state index is 12.6. The standard InChI is InChI=1S/C21H19F3N2O5S2/c1-30-15-6-2-13(3-7-15)10-19(27)25-20-26(17-11-33(28,29)12-18(17)32-20)14-4-8-16(9-5-14)31-21(22,23)24/h2-9,17-18H,10-12H2,1H3/t17-,18+/m0/s1. The number of rotatable bonds is 5. The van der Waals surface area contributed by atoms with Crippen molar-refractivity contribution >= 4 is 38.4 Å². The molecule has 4 rings (SSSR count). The molecule has 1 amide bonds. The summed E-state index contributed by atoms with van der Waals surface area (Å²) in [4.78, 5) is 18.5. The smallest absolute Gasteiger partial charge is 0.497 e. The van der Waals surface area contributed by atoms with E-state index in [9.17, 15) is 26.4 Å². The summed E-state index contributed by atoms with van der Waals surface area (Å²) in [5, 5.41) is -0.00320. The maximum absolute atomic E-state index is 12.6. The van der Waals surface area contributed by atoms with Gasteiger partial charge in [-0.25, -0.2) is 8.42 Å². The largest absolute Gasteiger partial charge is 0.573 e. The first-order valence-corrected chi connectivity index (χ1v) is 12.5. The molecule has 0 saturated carbocycles. The van der Waals surface area contributed by atoms with Crippen molar-refractivity contribution in [3.8, 4) is 11.5 Å². The lowest BCUT2D eigenvalue weighted by Gasteiger charge is -2.24. The van der Waals surface area contributed by atoms with Gasteiger partial charge in [-0.3, -0.25) is 4.79 Å². The number of anilines is 1. The molecular formula is C21H19F3N2O5S2. The van der Waals surface area contributed by atoms with Crippen molar-refractivity contribution in [1.29, 1.82) is 0 Å². The number of sulfone groups is 1. The van der Waals surface area contributed by atoms with Gasteiger partial charge in [0.05, 0.1) is 31.1 Å². The fraction of sp³-hybridized carbons (Fsp3) is 0.333. The number of fused-ring (bicyclic) bond motifs is 1. The Balaban J connectivity index is 1.58. The zero-order chi connectivity index (χ0) is 23.8. The quantitative estimate of drug-likeness (QED) is 0.622. The highest BCUT2D eigenvalue weighted by molar-refractivity contribution is 8.16. The minimum Gasteiger partial charge on any atom is -0.497 e. The highest BCUT2D eigenvalue weighted by atomic mass is 32.2. The Hall–Kier alpha value is -2.73. The van der Waals surface area contributed by atoms with Crippen LogP contribution in [0.3, 0.4) is 0 Å². The number of ether oxygens (including phenoxy) is 2. The van der Waals surface area contributed by atoms with E-state index < -0.39 is 33.9 Å². The summed E-state index contributed by atoms with van der Waals surface area (Å²) in [6.45, 7) is 0. The van der Waals surface area contributed by atoms with E-state index in [1.807, 2.05) is 0 Å². The first-order valence-electron chi connectivity index (χ1n) is 9.79. The molecule has 0 aromatic heterocycles. The van der Waals surface area contributed by atoms with Gasteiger partial charge in [-0.15, -0.1) is 13.2 Å². The molecule has 2 aliphatic rings. The molecule has 0 bridgehead atoms. The van der Waals surface area contributed by atoms with Crippen molar-refractivity contribution in [3.63, 3.8) is 0 Å². The van der Waals surface area contributed by atoms with E-state index in [-0.39, 0.29) is 23.2 Å². The van der Waals surface area contributed by atoms with E-state index in [2.05, 4.69) is 9.73 Å². The van der Waals surface area contributed by atoms with Gasteiger partial charge in [0.25, 0.3) is 5.91 Å². The lowest BCUT2D eigenvalue weighted by Crippen LogP contribution is -2.37. The minimum absolute atomic E-state index is 0.0356. The molecule has 0 aliphatic carbocycles. The van der Waals surface area contributed by atoms with Crippen molar-refractivity contribution < 1.29 is 35.9 Å². The predicted octanol–water partition coefficient (Wildman–Crippen LogP) is 3.44. The zero-order valence-electron chi connectivity index (χ0n) is 17.3. The van der Waals surface area contributed by atoms with Gasteiger partial charge in [0.15, 0.2) is 15.0 Å². The van der Waals surface area contributed by atoms with Gasteiger partial charge in [0, 0.05) is 10.9 Å².